The lowest BCUT2D eigenvalue weighted by molar-refractivity contribution is 0.0696. The molecule has 0 aromatic carbocycles. The first-order chi connectivity index (χ1) is 6.83. The lowest BCUT2D eigenvalue weighted by Gasteiger charge is -1.98. The van der Waals surface area contributed by atoms with E-state index in [4.69, 9.17) is 5.11 Å². The quantitative estimate of drug-likeness (QED) is 0.633. The van der Waals surface area contributed by atoms with Crippen LogP contribution in [0.2, 0.25) is 0 Å². The van der Waals surface area contributed by atoms with Gasteiger partial charge in [-0.3, -0.25) is 0 Å². The number of urea groups is 1. The number of rotatable bonds is 3. The third-order valence-corrected chi connectivity index (χ3v) is 2.54. The second kappa shape index (κ2) is 3.61. The number of primary amides is 1. The van der Waals surface area contributed by atoms with Crippen molar-refractivity contribution < 1.29 is 27.5 Å². The van der Waals surface area contributed by atoms with E-state index >= 15 is 0 Å². The number of sulfonamides is 1. The van der Waals surface area contributed by atoms with Gasteiger partial charge in [0.25, 0.3) is 10.0 Å². The lowest BCUT2D eigenvalue weighted by atomic mass is 10.4. The fourth-order valence-corrected chi connectivity index (χ4v) is 1.57. The maximum absolute atomic E-state index is 11.2. The predicted molar refractivity (Wildman–Crippen MR) is 45.6 cm³/mol. The average Bonchev–Trinajstić information content (AvgIpc) is 2.48. The molecule has 2 amide bonds. The Morgan fingerprint density at radius 2 is 2.07 bits per heavy atom. The molecule has 82 valence electrons. The van der Waals surface area contributed by atoms with E-state index in [1.807, 2.05) is 0 Å². The first kappa shape index (κ1) is 11.0. The third kappa shape index (κ3) is 2.47. The molecule has 1 aromatic heterocycles. The largest absolute Gasteiger partial charge is 0.478 e. The number of carboxylic acid groups (broad SMARTS) is 1. The maximum atomic E-state index is 11.2. The SMILES string of the molecule is NC(=O)NS(=O)(=O)c1cc(C(=O)O)co1. The highest BCUT2D eigenvalue weighted by Crippen LogP contribution is 2.13. The van der Waals surface area contributed by atoms with Crippen molar-refractivity contribution in [3.05, 3.63) is 17.9 Å². The molecule has 0 radical (unpaired) electrons. The van der Waals surface area contributed by atoms with Crippen LogP contribution in [0.5, 0.6) is 0 Å². The van der Waals surface area contributed by atoms with Crippen LogP contribution in [-0.2, 0) is 10.0 Å². The van der Waals surface area contributed by atoms with E-state index < -0.39 is 27.1 Å². The Balaban J connectivity index is 3.06. The fourth-order valence-electron chi connectivity index (χ4n) is 0.752. The molecule has 0 saturated heterocycles. The lowest BCUT2D eigenvalue weighted by Crippen LogP contribution is -2.34. The van der Waals surface area contributed by atoms with Gasteiger partial charge < -0.3 is 15.3 Å². The Bertz CT molecular complexity index is 501. The molecular formula is C6H6N2O6S. The number of hydrogen-bond acceptors (Lipinski definition) is 5. The molecule has 4 N–H and O–H groups in total. The molecule has 8 nitrogen and oxygen atoms in total. The van der Waals surface area contributed by atoms with Gasteiger partial charge in [-0.05, 0) is 0 Å². The van der Waals surface area contributed by atoms with Crippen molar-refractivity contribution >= 4 is 22.0 Å². The maximum Gasteiger partial charge on any atom is 0.339 e. The molecule has 0 aliphatic carbocycles. The highest BCUT2D eigenvalue weighted by molar-refractivity contribution is 7.89. The Labute approximate surface area is 83.7 Å². The Hall–Kier alpha value is -2.03. The molecule has 0 fully saturated rings. The van der Waals surface area contributed by atoms with Crippen molar-refractivity contribution in [1.29, 1.82) is 0 Å². The molecule has 0 aliphatic rings. The van der Waals surface area contributed by atoms with E-state index in [9.17, 15) is 18.0 Å². The molecule has 1 rings (SSSR count). The Kier molecular flexibility index (Phi) is 2.66. The fraction of sp³-hybridized carbons (Fsp3) is 0. The number of nitrogens with two attached hydrogens (primary N) is 1. The number of nitrogens with one attached hydrogen (secondary N) is 1. The van der Waals surface area contributed by atoms with Crippen molar-refractivity contribution in [1.82, 2.24) is 4.72 Å². The van der Waals surface area contributed by atoms with Crippen molar-refractivity contribution in [3.63, 3.8) is 0 Å². The zero-order valence-electron chi connectivity index (χ0n) is 7.13. The van der Waals surface area contributed by atoms with Gasteiger partial charge >= 0.3 is 12.0 Å². The second-order valence-electron chi connectivity index (χ2n) is 2.43. The van der Waals surface area contributed by atoms with Crippen LogP contribution >= 0.6 is 0 Å². The number of aromatic carboxylic acids is 1. The number of hydrogen-bond donors (Lipinski definition) is 3. The van der Waals surface area contributed by atoms with E-state index in [-0.39, 0.29) is 5.56 Å². The van der Waals surface area contributed by atoms with Crippen molar-refractivity contribution in [2.45, 2.75) is 5.09 Å². The van der Waals surface area contributed by atoms with Crippen LogP contribution in [-0.4, -0.2) is 25.5 Å². The van der Waals surface area contributed by atoms with Crippen LogP contribution in [0.3, 0.4) is 0 Å². The number of carbonyl (C=O) groups excluding carboxylic acids is 1. The van der Waals surface area contributed by atoms with Gasteiger partial charge in [0.2, 0.25) is 5.09 Å². The standard InChI is InChI=1S/C6H6N2O6S/c7-6(11)8-15(12,13)4-1-3(2-14-4)5(9)10/h1-2H,(H,9,10)(H3,7,8,11). The first-order valence-electron chi connectivity index (χ1n) is 3.47. The summed E-state index contributed by atoms with van der Waals surface area (Å²) in [5, 5.41) is 7.78. The van der Waals surface area contributed by atoms with E-state index in [1.54, 1.807) is 0 Å². The highest BCUT2D eigenvalue weighted by atomic mass is 32.2. The van der Waals surface area contributed by atoms with E-state index in [0.717, 1.165) is 12.3 Å². The van der Waals surface area contributed by atoms with Crippen LogP contribution in [0.15, 0.2) is 21.8 Å². The molecular weight excluding hydrogens is 228 g/mol. The summed E-state index contributed by atoms with van der Waals surface area (Å²) in [6, 6.07) is -0.531. The Morgan fingerprint density at radius 3 is 2.47 bits per heavy atom. The normalized spacial score (nSPS) is 10.9. The summed E-state index contributed by atoms with van der Waals surface area (Å²) >= 11 is 0. The molecule has 1 aromatic rings. The minimum atomic E-state index is -4.23. The summed E-state index contributed by atoms with van der Waals surface area (Å²) in [4.78, 5) is 20.7. The number of carbonyl (C=O) groups is 2. The van der Waals surface area contributed by atoms with Crippen LogP contribution in [0, 0.1) is 0 Å². The van der Waals surface area contributed by atoms with E-state index in [0.29, 0.717) is 0 Å². The predicted octanol–water partition coefficient (Wildman–Crippen LogP) is -0.665. The molecule has 1 heterocycles. The van der Waals surface area contributed by atoms with Gasteiger partial charge in [-0.2, -0.15) is 8.42 Å². The molecule has 0 unspecified atom stereocenters. The van der Waals surface area contributed by atoms with Crippen LogP contribution < -0.4 is 10.5 Å². The minimum Gasteiger partial charge on any atom is -0.478 e. The molecule has 0 aliphatic heterocycles. The number of amides is 2. The van der Waals surface area contributed by atoms with Crippen molar-refractivity contribution in [3.8, 4) is 0 Å². The summed E-state index contributed by atoms with van der Waals surface area (Å²) in [6.07, 6.45) is 0.734. The summed E-state index contributed by atoms with van der Waals surface area (Å²) in [7, 11) is -4.23. The summed E-state index contributed by atoms with van der Waals surface area (Å²) in [5.74, 6) is -1.35. The highest BCUT2D eigenvalue weighted by Gasteiger charge is 2.22. The molecule has 9 heteroatoms. The van der Waals surface area contributed by atoms with Gasteiger partial charge in [0.05, 0.1) is 5.56 Å². The summed E-state index contributed by atoms with van der Waals surface area (Å²) in [6.45, 7) is 0. The van der Waals surface area contributed by atoms with Gasteiger partial charge in [0.15, 0.2) is 0 Å². The molecule has 0 saturated carbocycles. The second-order valence-corrected chi connectivity index (χ2v) is 4.04. The van der Waals surface area contributed by atoms with Gasteiger partial charge in [0, 0.05) is 6.07 Å². The zero-order chi connectivity index (χ0) is 11.6. The van der Waals surface area contributed by atoms with Gasteiger partial charge in [-0.15, -0.1) is 0 Å². The molecule has 15 heavy (non-hydrogen) atoms. The van der Waals surface area contributed by atoms with E-state index in [2.05, 4.69) is 10.2 Å². The Morgan fingerprint density at radius 1 is 1.47 bits per heavy atom. The monoisotopic (exact) mass is 234 g/mol. The summed E-state index contributed by atoms with van der Waals surface area (Å²) in [5.41, 5.74) is 4.25. The third-order valence-electron chi connectivity index (χ3n) is 1.32. The van der Waals surface area contributed by atoms with Gasteiger partial charge in [-0.1, -0.05) is 0 Å². The first-order valence-corrected chi connectivity index (χ1v) is 4.95. The van der Waals surface area contributed by atoms with Gasteiger partial charge in [-0.25, -0.2) is 14.3 Å². The van der Waals surface area contributed by atoms with Crippen molar-refractivity contribution in [2.75, 3.05) is 0 Å². The van der Waals surface area contributed by atoms with E-state index in [1.165, 1.54) is 4.72 Å². The van der Waals surface area contributed by atoms with Gasteiger partial charge in [0.1, 0.15) is 6.26 Å². The number of carboxylic acids is 1. The minimum absolute atomic E-state index is 0.347. The number of furan rings is 1. The van der Waals surface area contributed by atoms with Crippen LogP contribution in [0.25, 0.3) is 0 Å². The van der Waals surface area contributed by atoms with Crippen LogP contribution in [0.1, 0.15) is 10.4 Å². The smallest absolute Gasteiger partial charge is 0.339 e. The molecule has 0 spiro atoms. The zero-order valence-corrected chi connectivity index (χ0v) is 7.95. The van der Waals surface area contributed by atoms with Crippen LogP contribution in [0.4, 0.5) is 4.79 Å². The average molecular weight is 234 g/mol. The summed E-state index contributed by atoms with van der Waals surface area (Å²) < 4.78 is 28.2. The van der Waals surface area contributed by atoms with Crippen molar-refractivity contribution in [2.24, 2.45) is 5.73 Å². The topological polar surface area (TPSA) is 140 Å². The molecule has 0 bridgehead atoms. The molecule has 0 atom stereocenters.